The summed E-state index contributed by atoms with van der Waals surface area (Å²) in [4.78, 5) is 5.35. The number of rotatable bonds is 7. The van der Waals surface area contributed by atoms with Gasteiger partial charge in [-0.05, 0) is 118 Å². The molecule has 1 aromatic heterocycles. The first kappa shape index (κ1) is 35.1. The van der Waals surface area contributed by atoms with E-state index in [4.69, 9.17) is 4.99 Å². The van der Waals surface area contributed by atoms with Crippen LogP contribution in [0.3, 0.4) is 0 Å². The average Bonchev–Trinajstić information content (AvgIpc) is 3.62. The van der Waals surface area contributed by atoms with Crippen LogP contribution in [0.5, 0.6) is 0 Å². The second kappa shape index (κ2) is 15.3. The van der Waals surface area contributed by atoms with Crippen LogP contribution in [-0.2, 0) is 0 Å². The van der Waals surface area contributed by atoms with E-state index in [9.17, 15) is 0 Å². The molecule has 8 aromatic carbocycles. The highest BCUT2D eigenvalue weighted by Crippen LogP contribution is 2.38. The van der Waals surface area contributed by atoms with Crippen LogP contribution < -0.4 is 0 Å². The van der Waals surface area contributed by atoms with Crippen molar-refractivity contribution in [2.45, 2.75) is 19.8 Å². The summed E-state index contributed by atoms with van der Waals surface area (Å²) < 4.78 is 2.39. The molecule has 2 nitrogen and oxygen atoms in total. The monoisotopic (exact) mass is 742 g/mol. The molecule has 9 aromatic rings. The summed E-state index contributed by atoms with van der Waals surface area (Å²) in [6, 6.07) is 74.4. The molecule has 1 aliphatic rings. The Morgan fingerprint density at radius 2 is 0.897 bits per heavy atom. The van der Waals surface area contributed by atoms with E-state index in [2.05, 4.69) is 224 Å². The lowest BCUT2D eigenvalue weighted by molar-refractivity contribution is 1.05. The van der Waals surface area contributed by atoms with Crippen molar-refractivity contribution in [1.82, 2.24) is 4.57 Å². The van der Waals surface area contributed by atoms with Gasteiger partial charge in [-0.15, -0.1) is 0 Å². The van der Waals surface area contributed by atoms with Crippen molar-refractivity contribution >= 4 is 38.8 Å². The minimum atomic E-state index is 0.917. The largest absolute Gasteiger partial charge is 0.309 e. The number of para-hydroxylation sites is 1. The van der Waals surface area contributed by atoms with Crippen molar-refractivity contribution < 1.29 is 0 Å². The van der Waals surface area contributed by atoms with Crippen molar-refractivity contribution in [3.63, 3.8) is 0 Å². The van der Waals surface area contributed by atoms with E-state index in [0.29, 0.717) is 0 Å². The maximum atomic E-state index is 5.35. The zero-order valence-electron chi connectivity index (χ0n) is 32.5. The second-order valence-corrected chi connectivity index (χ2v) is 15.1. The Morgan fingerprint density at radius 3 is 1.59 bits per heavy atom. The Morgan fingerprint density at radius 1 is 0.397 bits per heavy atom. The molecule has 0 unspecified atom stereocenters. The third-order valence-electron chi connectivity index (χ3n) is 11.5. The number of fused-ring (bicyclic) bond motifs is 3. The summed E-state index contributed by atoms with van der Waals surface area (Å²) in [6.45, 7) is 2.25. The van der Waals surface area contributed by atoms with Gasteiger partial charge in [0.1, 0.15) is 0 Å². The molecule has 1 aliphatic heterocycles. The predicted octanol–water partition coefficient (Wildman–Crippen LogP) is 14.9. The summed E-state index contributed by atoms with van der Waals surface area (Å²) in [7, 11) is 0. The number of aliphatic imine (C=N–C) groups is 1. The summed E-state index contributed by atoms with van der Waals surface area (Å²) in [5, 5.41) is 2.50. The van der Waals surface area contributed by atoms with Gasteiger partial charge < -0.3 is 4.57 Å². The van der Waals surface area contributed by atoms with E-state index >= 15 is 0 Å². The van der Waals surface area contributed by atoms with E-state index in [1.807, 2.05) is 0 Å². The van der Waals surface area contributed by atoms with E-state index in [1.54, 1.807) is 0 Å². The van der Waals surface area contributed by atoms with Gasteiger partial charge in [0.2, 0.25) is 0 Å². The number of hydrogen-bond acceptors (Lipinski definition) is 1. The van der Waals surface area contributed by atoms with E-state index in [1.165, 1.54) is 71.9 Å². The molecule has 0 bridgehead atoms. The molecule has 10 rings (SSSR count). The standard InChI is InChI=1S/C56H42N2/c1-39-50(27-15-28-53(42-18-7-3-8-19-42)57-56(39)43-20-9-4-10-21-43)48-25-14-24-46(37-48)44-22-13-23-45(36-44)47-32-35-55-52(38-47)51-26-11-12-29-54(51)58(55)49-33-30-41(31-34-49)40-16-5-2-6-17-40/h2-14,16-26,28-38H,15,27H2,1H3. The van der Waals surface area contributed by atoms with Gasteiger partial charge in [-0.25, -0.2) is 4.99 Å². The van der Waals surface area contributed by atoms with Gasteiger partial charge in [0.25, 0.3) is 0 Å². The zero-order chi connectivity index (χ0) is 38.8. The number of benzene rings is 8. The van der Waals surface area contributed by atoms with Gasteiger partial charge in [0.15, 0.2) is 0 Å². The van der Waals surface area contributed by atoms with Crippen LogP contribution in [0.15, 0.2) is 223 Å². The van der Waals surface area contributed by atoms with Crippen LogP contribution in [0, 0.1) is 0 Å². The van der Waals surface area contributed by atoms with E-state index in [-0.39, 0.29) is 0 Å². The molecular weight excluding hydrogens is 701 g/mol. The Labute approximate surface area is 340 Å². The Hall–Kier alpha value is -7.29. The van der Waals surface area contributed by atoms with Gasteiger partial charge in [0, 0.05) is 22.0 Å². The molecule has 2 heterocycles. The highest BCUT2D eigenvalue weighted by molar-refractivity contribution is 6.18. The molecule has 2 heteroatoms. The molecular formula is C56H42N2. The molecule has 0 aliphatic carbocycles. The quantitative estimate of drug-likeness (QED) is 0.155. The molecule has 0 saturated carbocycles. The molecule has 0 radical (unpaired) electrons. The average molecular weight is 743 g/mol. The minimum absolute atomic E-state index is 0.917. The third-order valence-corrected chi connectivity index (χ3v) is 11.5. The first-order valence-electron chi connectivity index (χ1n) is 20.2. The summed E-state index contributed by atoms with van der Waals surface area (Å²) in [6.07, 6.45) is 4.15. The van der Waals surface area contributed by atoms with Crippen molar-refractivity contribution in [2.75, 3.05) is 0 Å². The van der Waals surface area contributed by atoms with Crippen LogP contribution >= 0.6 is 0 Å². The number of aromatic nitrogens is 1. The Bertz CT molecular complexity index is 3020. The maximum absolute atomic E-state index is 5.35. The fraction of sp³-hybridized carbons (Fsp3) is 0.0536. The first-order chi connectivity index (χ1) is 28.7. The van der Waals surface area contributed by atoms with E-state index in [0.717, 1.165) is 41.1 Å². The number of allylic oxidation sites excluding steroid dienone is 3. The Balaban J connectivity index is 1.01. The summed E-state index contributed by atoms with van der Waals surface area (Å²) >= 11 is 0. The van der Waals surface area contributed by atoms with Crippen LogP contribution in [0.4, 0.5) is 0 Å². The summed E-state index contributed by atoms with van der Waals surface area (Å²) in [5.41, 5.74) is 19.0. The van der Waals surface area contributed by atoms with Crippen molar-refractivity contribution in [1.29, 1.82) is 0 Å². The topological polar surface area (TPSA) is 17.3 Å². The van der Waals surface area contributed by atoms with Crippen LogP contribution in [0.1, 0.15) is 36.5 Å². The SMILES string of the molecule is CC1=C(c2cccc(-c3cccc(-c4ccc5c(c4)c4ccccc4n5-c4ccc(-c5ccccc5)cc4)c3)c2)CCC=C(c2ccccc2)N=C1c1ccccc1. The summed E-state index contributed by atoms with van der Waals surface area (Å²) in [5.74, 6) is 0. The smallest absolute Gasteiger partial charge is 0.0741 e. The lowest BCUT2D eigenvalue weighted by Gasteiger charge is -2.19. The van der Waals surface area contributed by atoms with Gasteiger partial charge >= 0.3 is 0 Å². The van der Waals surface area contributed by atoms with Crippen molar-refractivity contribution in [2.24, 2.45) is 4.99 Å². The second-order valence-electron chi connectivity index (χ2n) is 15.1. The first-order valence-corrected chi connectivity index (χ1v) is 20.2. The normalized spacial score (nSPS) is 13.3. The molecule has 276 valence electrons. The molecule has 0 spiro atoms. The molecule has 0 atom stereocenters. The highest BCUT2D eigenvalue weighted by atomic mass is 15.0. The number of nitrogens with zero attached hydrogens (tertiary/aromatic N) is 2. The fourth-order valence-electron chi connectivity index (χ4n) is 8.59. The highest BCUT2D eigenvalue weighted by Gasteiger charge is 2.18. The van der Waals surface area contributed by atoms with Gasteiger partial charge in [-0.3, -0.25) is 0 Å². The molecule has 0 fully saturated rings. The van der Waals surface area contributed by atoms with Crippen molar-refractivity contribution in [3.05, 3.63) is 235 Å². The predicted molar refractivity (Wildman–Crippen MR) is 246 cm³/mol. The van der Waals surface area contributed by atoms with Crippen LogP contribution in [0.25, 0.3) is 72.1 Å². The minimum Gasteiger partial charge on any atom is -0.309 e. The third kappa shape index (κ3) is 6.69. The lowest BCUT2D eigenvalue weighted by Crippen LogP contribution is -2.08. The molecule has 58 heavy (non-hydrogen) atoms. The van der Waals surface area contributed by atoms with Crippen LogP contribution in [-0.4, -0.2) is 10.3 Å². The van der Waals surface area contributed by atoms with Gasteiger partial charge in [-0.1, -0.05) is 170 Å². The van der Waals surface area contributed by atoms with Crippen LogP contribution in [0.2, 0.25) is 0 Å². The fourth-order valence-corrected chi connectivity index (χ4v) is 8.59. The Kier molecular flexibility index (Phi) is 9.29. The number of hydrogen-bond donors (Lipinski definition) is 0. The molecule has 0 amide bonds. The van der Waals surface area contributed by atoms with Crippen molar-refractivity contribution in [3.8, 4) is 39.1 Å². The lowest BCUT2D eigenvalue weighted by atomic mass is 9.88. The van der Waals surface area contributed by atoms with E-state index < -0.39 is 0 Å². The van der Waals surface area contributed by atoms with Gasteiger partial charge in [0.05, 0.1) is 22.4 Å². The van der Waals surface area contributed by atoms with Gasteiger partial charge in [-0.2, -0.15) is 0 Å². The molecule has 0 saturated heterocycles. The maximum Gasteiger partial charge on any atom is 0.0741 e. The molecule has 0 N–H and O–H groups in total. The zero-order valence-corrected chi connectivity index (χ0v) is 32.5.